The van der Waals surface area contributed by atoms with E-state index < -0.39 is 35.1 Å². The fourth-order valence-corrected chi connectivity index (χ4v) is 13.9. The number of nitrogens with zero attached hydrogens (tertiary/aromatic N) is 21. The van der Waals surface area contributed by atoms with Crippen LogP contribution in [0.2, 0.25) is 0 Å². The van der Waals surface area contributed by atoms with Crippen LogP contribution in [-0.4, -0.2) is 136 Å². The maximum Gasteiger partial charge on any atom is 0.416 e. The van der Waals surface area contributed by atoms with Gasteiger partial charge >= 0.3 is 12.4 Å². The van der Waals surface area contributed by atoms with E-state index in [1.54, 1.807) is 24.3 Å². The summed E-state index contributed by atoms with van der Waals surface area (Å²) < 4.78 is 117. The summed E-state index contributed by atoms with van der Waals surface area (Å²) in [6, 6.07) is 58.4. The van der Waals surface area contributed by atoms with Crippen LogP contribution in [0.25, 0.3) is 148 Å². The highest BCUT2D eigenvalue weighted by atomic mass is 19.4. The molecule has 19 rings (SSSR count). The Labute approximate surface area is 813 Å². The number of H-pyrrole nitrogens is 6. The molecule has 12 heterocycles. The number of fused-ring (bicyclic) bond motifs is 1. The van der Waals surface area contributed by atoms with Crippen molar-refractivity contribution in [2.45, 2.75) is 179 Å². The van der Waals surface area contributed by atoms with Crippen molar-refractivity contribution in [1.29, 1.82) is 0 Å². The van der Waals surface area contributed by atoms with Gasteiger partial charge in [0.25, 0.3) is 0 Å². The molecule has 0 saturated heterocycles. The summed E-state index contributed by atoms with van der Waals surface area (Å²) in [5, 5.41) is 43.5. The number of halogens is 9. The Morgan fingerprint density at radius 2 is 0.535 bits per heavy atom. The Kier molecular flexibility index (Phi) is 29.9. The molecule has 0 radical (unpaired) electrons. The lowest BCUT2D eigenvalue weighted by Gasteiger charge is -2.20. The van der Waals surface area contributed by atoms with Gasteiger partial charge in [0.15, 0.2) is 52.4 Å². The fourth-order valence-electron chi connectivity index (χ4n) is 13.9. The van der Waals surface area contributed by atoms with Gasteiger partial charge in [-0.05, 0) is 189 Å². The molecule has 0 atom stereocenters. The van der Waals surface area contributed by atoms with Crippen molar-refractivity contribution in [2.24, 2.45) is 0 Å². The monoisotopic (exact) mass is 1930 g/mol. The van der Waals surface area contributed by atoms with Crippen LogP contribution < -0.4 is 0 Å². The molecule has 0 saturated carbocycles. The fraction of sp³-hybridized carbons (Fsp3) is 0.255. The van der Waals surface area contributed by atoms with Crippen molar-refractivity contribution in [3.05, 3.63) is 315 Å². The summed E-state index contributed by atoms with van der Waals surface area (Å²) >= 11 is 0. The molecule has 6 N–H and O–H groups in total. The summed E-state index contributed by atoms with van der Waals surface area (Å²) in [5.41, 5.74) is 18.6. The van der Waals surface area contributed by atoms with E-state index in [1.165, 1.54) is 59.7 Å². The number of alkyl halides is 6. The SMILES string of the molecule is Cc1cc(-c2cc(C)[nH]n2)nc(-c2ccc(F)cc2)n1.Cc1cc(-c2nc(-c3ccc(C(C)(C)C)cc3)nc(C(C)(C)C)n2)n[nH]1.Cc1cc(-c2nc(-c3ccc(C(F)(F)F)cc3)nc(C(C)(C)C)n2)n[nH]1.Cc1cc(-c2nc(-c3ccc(C(F)(F)F)cc3)nc3ccccc23)n[nH]1.Cc1cc(-c2nc(-c3ccc(F)cc3F)nc(C(C)(C)C)n2)n[nH]1.Cc1ccc(-c2nc(C)cc(-c3cc(C)[nH]n3)n2)cc1. The second-order valence-electron chi connectivity index (χ2n) is 38.1. The Bertz CT molecular complexity index is 7330. The van der Waals surface area contributed by atoms with Gasteiger partial charge in [-0.1, -0.05) is 180 Å². The number of hydrogen-bond acceptors (Lipinski definition) is 21. The average Bonchev–Trinajstić information content (AvgIpc) is 1.54. The van der Waals surface area contributed by atoms with Crippen molar-refractivity contribution >= 4 is 10.9 Å². The zero-order valence-electron chi connectivity index (χ0n) is 82.0. The lowest BCUT2D eigenvalue weighted by Crippen LogP contribution is -2.18. The molecule has 7 aromatic carbocycles. The van der Waals surface area contributed by atoms with Gasteiger partial charge in [0.2, 0.25) is 0 Å². The Hall–Kier alpha value is -16.3. The number of benzene rings is 7. The molecule has 0 aliphatic heterocycles. The van der Waals surface area contributed by atoms with Crippen LogP contribution in [0, 0.1) is 79.8 Å². The number of aromatic amines is 6. The number of aryl methyl sites for hydroxylation is 9. The molecule has 0 aliphatic carbocycles. The summed E-state index contributed by atoms with van der Waals surface area (Å²) in [7, 11) is 0. The predicted octanol–water partition coefficient (Wildman–Crippen LogP) is 25.0. The average molecular weight is 1930 g/mol. The lowest BCUT2D eigenvalue weighted by atomic mass is 9.86. The van der Waals surface area contributed by atoms with Gasteiger partial charge < -0.3 is 0 Å². The van der Waals surface area contributed by atoms with Gasteiger partial charge in [-0.15, -0.1) is 0 Å². The maximum absolute atomic E-state index is 14.1. The minimum atomic E-state index is -4.38. The first-order valence-corrected chi connectivity index (χ1v) is 45.1. The highest BCUT2D eigenvalue weighted by molar-refractivity contribution is 5.93. The van der Waals surface area contributed by atoms with Crippen LogP contribution >= 0.6 is 0 Å². The Balaban J connectivity index is 0.000000136. The molecule has 0 spiro atoms. The molecule has 0 aliphatic rings. The van der Waals surface area contributed by atoms with Crippen LogP contribution in [0.1, 0.15) is 168 Å². The number of aromatic nitrogens is 27. The van der Waals surface area contributed by atoms with E-state index in [1.807, 2.05) is 170 Å². The Morgan fingerprint density at radius 1 is 0.232 bits per heavy atom. The predicted molar refractivity (Wildman–Crippen MR) is 529 cm³/mol. The molecule has 0 amide bonds. The van der Waals surface area contributed by atoms with E-state index in [9.17, 15) is 39.5 Å². The van der Waals surface area contributed by atoms with Gasteiger partial charge in [-0.25, -0.2) is 87.9 Å². The van der Waals surface area contributed by atoms with Gasteiger partial charge in [-0.3, -0.25) is 30.6 Å². The Morgan fingerprint density at radius 3 is 0.880 bits per heavy atom. The minimum Gasteiger partial charge on any atom is -0.282 e. The largest absolute Gasteiger partial charge is 0.416 e. The molecule has 726 valence electrons. The lowest BCUT2D eigenvalue weighted by molar-refractivity contribution is -0.138. The van der Waals surface area contributed by atoms with Crippen molar-refractivity contribution in [3.8, 4) is 137 Å². The third-order valence-electron chi connectivity index (χ3n) is 21.5. The highest BCUT2D eigenvalue weighted by Gasteiger charge is 2.33. The second kappa shape index (κ2) is 41.8. The van der Waals surface area contributed by atoms with Crippen LogP contribution in [0.5, 0.6) is 0 Å². The van der Waals surface area contributed by atoms with Crippen molar-refractivity contribution in [2.75, 3.05) is 0 Å². The second-order valence-corrected chi connectivity index (χ2v) is 38.1. The molecule has 0 bridgehead atoms. The van der Waals surface area contributed by atoms with Crippen LogP contribution in [-0.2, 0) is 34.0 Å². The standard InChI is InChI=1S/C21H27N5.C19H13F3N4.C18H18F3N5.C17H17F2N5.C16H16N4.C15H13FN4/c1-13-12-16(26-25-13)18-22-17(23-19(24-18)21(5,6)7)14-8-10-15(11-9-14)20(2,3)4;1-11-10-16(26-25-11)17-14-4-2-3-5-15(14)23-18(24-17)12-6-8-13(9-7-12)19(20,21)22;1-10-9-13(26-25-10)15-22-14(23-16(24-15)17(2,3)4)11-5-7-12(8-6-11)18(19,20)21;1-9-7-13(24-23-9)15-20-14(21-16(22-15)17(2,3)4)11-6-5-10(18)8-12(11)19;1-10-4-6-13(7-5-10)16-17-11(2)8-14(18-16)15-9-12(3)19-20-15;1-9-7-13(14-8-10(2)19-20-14)18-15(17-9)11-3-5-12(16)6-4-11/h8-12H,1-7H3,(H,25,26);2-10H,1H3,(H,25,26);5-9H,1-4H3,(H,25,26);5-8H,1-4H3,(H,23,24);4-9H,1-3H3,(H,19,20);3-8H,1-2H3,(H,19,20). The van der Waals surface area contributed by atoms with E-state index in [2.05, 4.69) is 216 Å². The number of nitrogens with one attached hydrogen (secondary N) is 6. The first-order chi connectivity index (χ1) is 67.0. The van der Waals surface area contributed by atoms with E-state index in [4.69, 9.17) is 4.98 Å². The third kappa shape index (κ3) is 26.0. The molecule has 19 aromatic rings. The van der Waals surface area contributed by atoms with E-state index in [-0.39, 0.29) is 38.9 Å². The normalized spacial score (nSPS) is 11.7. The van der Waals surface area contributed by atoms with Crippen molar-refractivity contribution < 1.29 is 39.5 Å². The van der Waals surface area contributed by atoms with Gasteiger partial charge in [0.05, 0.1) is 33.6 Å². The summed E-state index contributed by atoms with van der Waals surface area (Å²) in [6.07, 6.45) is -8.76. The first kappa shape index (κ1) is 102. The van der Waals surface area contributed by atoms with Crippen LogP contribution in [0.15, 0.2) is 212 Å². The molecule has 0 unspecified atom stereocenters. The molecule has 36 heteroatoms. The van der Waals surface area contributed by atoms with E-state index in [0.29, 0.717) is 91.8 Å². The quantitative estimate of drug-likeness (QED) is 0.0619. The molecule has 0 fully saturated rings. The summed E-state index contributed by atoms with van der Waals surface area (Å²) in [6.45, 7) is 42.1. The molecular weight excluding hydrogens is 1820 g/mol. The molecule has 142 heavy (non-hydrogen) atoms. The first-order valence-electron chi connectivity index (χ1n) is 45.1. The topological polar surface area (TPSA) is 365 Å². The van der Waals surface area contributed by atoms with Gasteiger partial charge in [-0.2, -0.15) is 56.9 Å². The third-order valence-corrected chi connectivity index (χ3v) is 21.5. The van der Waals surface area contributed by atoms with Crippen LogP contribution in [0.4, 0.5) is 39.5 Å². The number of para-hydroxylation sites is 1. The smallest absolute Gasteiger partial charge is 0.282 e. The molecule has 27 nitrogen and oxygen atoms in total. The molecule has 12 aromatic heterocycles. The molecular formula is C106H104F9N27. The highest BCUT2D eigenvalue weighted by Crippen LogP contribution is 2.38. The van der Waals surface area contributed by atoms with E-state index >= 15 is 0 Å². The summed E-state index contributed by atoms with van der Waals surface area (Å²) in [5.74, 6) is 4.31. The van der Waals surface area contributed by atoms with Crippen molar-refractivity contribution in [1.82, 2.24) is 136 Å². The van der Waals surface area contributed by atoms with E-state index in [0.717, 1.165) is 138 Å². The van der Waals surface area contributed by atoms with Gasteiger partial charge in [0, 0.05) is 101 Å². The maximum atomic E-state index is 14.1. The number of rotatable bonds is 12. The summed E-state index contributed by atoms with van der Waals surface area (Å²) in [4.78, 5) is 67.7. The zero-order valence-corrected chi connectivity index (χ0v) is 82.0. The van der Waals surface area contributed by atoms with Gasteiger partial charge in [0.1, 0.15) is 74.8 Å². The number of hydrogen-bond donors (Lipinski definition) is 6. The minimum absolute atomic E-state index is 0.117. The van der Waals surface area contributed by atoms with Crippen molar-refractivity contribution in [3.63, 3.8) is 0 Å². The zero-order chi connectivity index (χ0) is 102. The van der Waals surface area contributed by atoms with Crippen LogP contribution in [0.3, 0.4) is 0 Å².